The van der Waals surface area contributed by atoms with Gasteiger partial charge >= 0.3 is 0 Å². The number of allylic oxidation sites excluding steroid dienone is 2. The van der Waals surface area contributed by atoms with E-state index >= 15 is 0 Å². The molecule has 0 aromatic carbocycles. The van der Waals surface area contributed by atoms with E-state index in [0.29, 0.717) is 5.92 Å². The van der Waals surface area contributed by atoms with Crippen LogP contribution >= 0.6 is 0 Å². The van der Waals surface area contributed by atoms with Crippen LogP contribution in [0, 0.1) is 17.2 Å². The van der Waals surface area contributed by atoms with E-state index in [0.717, 1.165) is 5.57 Å². The molecule has 0 bridgehead atoms. The average Bonchev–Trinajstić information content (AvgIpc) is 1.65. The minimum absolute atomic E-state index is 0.495. The van der Waals surface area contributed by atoms with Crippen molar-refractivity contribution in [1.29, 1.82) is 5.26 Å². The Hall–Kier alpha value is -0.770. The summed E-state index contributed by atoms with van der Waals surface area (Å²) in [5, 5.41) is 8.27. The van der Waals surface area contributed by atoms with Crippen LogP contribution in [-0.2, 0) is 0 Å². The van der Waals surface area contributed by atoms with E-state index in [1.165, 1.54) is 0 Å². The van der Waals surface area contributed by atoms with Crippen molar-refractivity contribution in [3.05, 3.63) is 11.6 Å². The van der Waals surface area contributed by atoms with Gasteiger partial charge in [0, 0.05) is 5.57 Å². The normalized spacial score (nSPS) is 11.6. The molecule has 0 aromatic rings. The van der Waals surface area contributed by atoms with Gasteiger partial charge in [0.1, 0.15) is 0 Å². The monoisotopic (exact) mass is 109 g/mol. The summed E-state index contributed by atoms with van der Waals surface area (Å²) in [6, 6.07) is 2.06. The van der Waals surface area contributed by atoms with Crippen LogP contribution < -0.4 is 0 Å². The maximum atomic E-state index is 8.27. The number of rotatable bonds is 1. The Morgan fingerprint density at radius 1 is 1.62 bits per heavy atom. The molecule has 1 nitrogen and oxygen atoms in total. The van der Waals surface area contributed by atoms with E-state index in [9.17, 15) is 0 Å². The highest BCUT2D eigenvalue weighted by Crippen LogP contribution is 1.98. The first kappa shape index (κ1) is 7.23. The first-order valence-corrected chi connectivity index (χ1v) is 2.75. The van der Waals surface area contributed by atoms with Crippen molar-refractivity contribution >= 4 is 0 Å². The third kappa shape index (κ3) is 3.42. The number of hydrogen-bond donors (Lipinski definition) is 0. The molecular formula is C7H11N. The SMILES string of the molecule is C/C(C#N)=C/C(C)C. The summed E-state index contributed by atoms with van der Waals surface area (Å²) in [6.07, 6.45) is 1.94. The van der Waals surface area contributed by atoms with Gasteiger partial charge in [-0.05, 0) is 12.8 Å². The lowest BCUT2D eigenvalue weighted by atomic mass is 10.1. The Kier molecular flexibility index (Phi) is 2.95. The molecule has 0 rings (SSSR count). The van der Waals surface area contributed by atoms with E-state index in [-0.39, 0.29) is 0 Å². The van der Waals surface area contributed by atoms with Crippen molar-refractivity contribution in [2.75, 3.05) is 0 Å². The average molecular weight is 109 g/mol. The molecule has 0 saturated heterocycles. The first-order valence-electron chi connectivity index (χ1n) is 2.75. The quantitative estimate of drug-likeness (QED) is 0.473. The fraction of sp³-hybridized carbons (Fsp3) is 0.571. The molecule has 44 valence electrons. The highest BCUT2D eigenvalue weighted by molar-refractivity contribution is 5.17. The summed E-state index contributed by atoms with van der Waals surface area (Å²) in [5.41, 5.74) is 0.806. The molecule has 0 N–H and O–H groups in total. The summed E-state index contributed by atoms with van der Waals surface area (Å²) >= 11 is 0. The molecule has 0 heterocycles. The molecule has 0 aliphatic rings. The van der Waals surface area contributed by atoms with E-state index < -0.39 is 0 Å². The first-order chi connectivity index (χ1) is 3.66. The van der Waals surface area contributed by atoms with Crippen molar-refractivity contribution in [3.63, 3.8) is 0 Å². The second-order valence-corrected chi connectivity index (χ2v) is 2.21. The van der Waals surface area contributed by atoms with Crippen LogP contribution in [0.3, 0.4) is 0 Å². The summed E-state index contributed by atoms with van der Waals surface area (Å²) in [6.45, 7) is 5.93. The van der Waals surface area contributed by atoms with Crippen LogP contribution in [0.15, 0.2) is 11.6 Å². The predicted molar refractivity (Wildman–Crippen MR) is 34.2 cm³/mol. The maximum absolute atomic E-state index is 8.27. The van der Waals surface area contributed by atoms with Gasteiger partial charge in [0.15, 0.2) is 0 Å². The lowest BCUT2D eigenvalue weighted by Gasteiger charge is -1.91. The molecule has 0 aromatic heterocycles. The second-order valence-electron chi connectivity index (χ2n) is 2.21. The van der Waals surface area contributed by atoms with Crippen LogP contribution in [0.1, 0.15) is 20.8 Å². The molecule has 0 aliphatic heterocycles. The Morgan fingerprint density at radius 3 is 2.25 bits per heavy atom. The van der Waals surface area contributed by atoms with Gasteiger partial charge in [-0.25, -0.2) is 0 Å². The van der Waals surface area contributed by atoms with Gasteiger partial charge in [-0.1, -0.05) is 19.9 Å². The van der Waals surface area contributed by atoms with Crippen molar-refractivity contribution < 1.29 is 0 Å². The highest BCUT2D eigenvalue weighted by Gasteiger charge is 1.86. The Bertz CT molecular complexity index is 126. The third-order valence-electron chi connectivity index (χ3n) is 0.760. The predicted octanol–water partition coefficient (Wildman–Crippen LogP) is 2.11. The summed E-state index contributed by atoms with van der Waals surface area (Å²) < 4.78 is 0. The van der Waals surface area contributed by atoms with Crippen LogP contribution in [0.25, 0.3) is 0 Å². The van der Waals surface area contributed by atoms with Crippen molar-refractivity contribution in [2.45, 2.75) is 20.8 Å². The van der Waals surface area contributed by atoms with Gasteiger partial charge in [0.25, 0.3) is 0 Å². The molecule has 0 aliphatic carbocycles. The van der Waals surface area contributed by atoms with Crippen LogP contribution in [0.2, 0.25) is 0 Å². The molecule has 1 heteroatoms. The number of hydrogen-bond acceptors (Lipinski definition) is 1. The Labute approximate surface area is 50.6 Å². The zero-order chi connectivity index (χ0) is 6.57. The van der Waals surface area contributed by atoms with E-state index in [1.807, 2.05) is 13.0 Å². The highest BCUT2D eigenvalue weighted by atomic mass is 14.2. The summed E-state index contributed by atoms with van der Waals surface area (Å²) in [5.74, 6) is 0.495. The molecule has 0 spiro atoms. The van der Waals surface area contributed by atoms with Gasteiger partial charge in [-0.3, -0.25) is 0 Å². The van der Waals surface area contributed by atoms with Gasteiger partial charge < -0.3 is 0 Å². The van der Waals surface area contributed by atoms with Crippen molar-refractivity contribution in [2.24, 2.45) is 5.92 Å². The van der Waals surface area contributed by atoms with Gasteiger partial charge in [-0.15, -0.1) is 0 Å². The van der Waals surface area contributed by atoms with E-state index in [1.54, 1.807) is 0 Å². The molecule has 0 atom stereocenters. The maximum Gasteiger partial charge on any atom is 0.0940 e. The van der Waals surface area contributed by atoms with Crippen LogP contribution in [-0.4, -0.2) is 0 Å². The fourth-order valence-electron chi connectivity index (χ4n) is 0.537. The molecule has 0 radical (unpaired) electrons. The zero-order valence-electron chi connectivity index (χ0n) is 5.60. The molecular weight excluding hydrogens is 98.1 g/mol. The third-order valence-corrected chi connectivity index (χ3v) is 0.760. The van der Waals surface area contributed by atoms with Gasteiger partial charge in [0.2, 0.25) is 0 Å². The molecule has 0 saturated carbocycles. The number of nitriles is 1. The Balaban J connectivity index is 3.80. The standard InChI is InChI=1S/C7H11N/c1-6(2)4-7(3)5-8/h4,6H,1-3H3/b7-4-. The minimum atomic E-state index is 0.495. The van der Waals surface area contributed by atoms with E-state index in [2.05, 4.69) is 19.9 Å². The lowest BCUT2D eigenvalue weighted by Crippen LogP contribution is -1.79. The van der Waals surface area contributed by atoms with Crippen molar-refractivity contribution in [1.82, 2.24) is 0 Å². The van der Waals surface area contributed by atoms with Gasteiger partial charge in [-0.2, -0.15) is 5.26 Å². The van der Waals surface area contributed by atoms with E-state index in [4.69, 9.17) is 5.26 Å². The summed E-state index contributed by atoms with van der Waals surface area (Å²) in [4.78, 5) is 0. The van der Waals surface area contributed by atoms with Crippen LogP contribution in [0.5, 0.6) is 0 Å². The van der Waals surface area contributed by atoms with Crippen molar-refractivity contribution in [3.8, 4) is 6.07 Å². The topological polar surface area (TPSA) is 23.8 Å². The fourth-order valence-corrected chi connectivity index (χ4v) is 0.537. The zero-order valence-corrected chi connectivity index (χ0v) is 5.60. The van der Waals surface area contributed by atoms with Crippen LogP contribution in [0.4, 0.5) is 0 Å². The second kappa shape index (κ2) is 3.26. The largest absolute Gasteiger partial charge is 0.193 e. The number of nitrogens with zero attached hydrogens (tertiary/aromatic N) is 1. The minimum Gasteiger partial charge on any atom is -0.193 e. The lowest BCUT2D eigenvalue weighted by molar-refractivity contribution is 0.825. The Morgan fingerprint density at radius 2 is 2.12 bits per heavy atom. The molecule has 0 amide bonds. The smallest absolute Gasteiger partial charge is 0.0940 e. The molecule has 0 unspecified atom stereocenters. The summed E-state index contributed by atoms with van der Waals surface area (Å²) in [7, 11) is 0. The van der Waals surface area contributed by atoms with Gasteiger partial charge in [0.05, 0.1) is 6.07 Å². The molecule has 8 heavy (non-hydrogen) atoms. The molecule has 0 fully saturated rings.